The first-order valence-electron chi connectivity index (χ1n) is 6.48. The molecule has 1 rings (SSSR count). The summed E-state index contributed by atoms with van der Waals surface area (Å²) in [7, 11) is 0. The fourth-order valence-corrected chi connectivity index (χ4v) is 1.63. The van der Waals surface area contributed by atoms with Crippen LogP contribution in [0.4, 0.5) is 16.2 Å². The summed E-state index contributed by atoms with van der Waals surface area (Å²) in [6.45, 7) is 4.27. The van der Waals surface area contributed by atoms with E-state index in [-0.39, 0.29) is 5.69 Å². The number of nitro benzene ring substituents is 1. The summed E-state index contributed by atoms with van der Waals surface area (Å²) >= 11 is 0. The van der Waals surface area contributed by atoms with Crippen LogP contribution >= 0.6 is 0 Å². The first-order chi connectivity index (χ1) is 9.40. The predicted molar refractivity (Wildman–Crippen MR) is 77.6 cm³/mol. The average molecular weight is 280 g/mol. The molecule has 7 nitrogen and oxygen atoms in total. The van der Waals surface area contributed by atoms with Gasteiger partial charge in [0.25, 0.3) is 5.69 Å². The van der Waals surface area contributed by atoms with Gasteiger partial charge in [0, 0.05) is 29.9 Å². The van der Waals surface area contributed by atoms with Crippen LogP contribution in [0.1, 0.15) is 26.7 Å². The molecule has 2 amide bonds. The molecular formula is C13H20N4O3. The summed E-state index contributed by atoms with van der Waals surface area (Å²) < 4.78 is 0. The summed E-state index contributed by atoms with van der Waals surface area (Å²) in [5, 5.41) is 15.9. The molecule has 20 heavy (non-hydrogen) atoms. The van der Waals surface area contributed by atoms with E-state index in [9.17, 15) is 14.9 Å². The highest BCUT2D eigenvalue weighted by Gasteiger charge is 2.20. The third kappa shape index (κ3) is 4.51. The van der Waals surface area contributed by atoms with Crippen molar-refractivity contribution in [2.45, 2.75) is 32.2 Å². The third-order valence-corrected chi connectivity index (χ3v) is 3.32. The molecule has 0 saturated carbocycles. The molecule has 0 heterocycles. The molecule has 0 bridgehead atoms. The van der Waals surface area contributed by atoms with E-state index in [2.05, 4.69) is 10.6 Å². The zero-order valence-electron chi connectivity index (χ0n) is 11.7. The van der Waals surface area contributed by atoms with E-state index in [0.717, 1.165) is 12.8 Å². The van der Waals surface area contributed by atoms with E-state index in [1.165, 1.54) is 18.2 Å². The Bertz CT molecular complexity index is 486. The van der Waals surface area contributed by atoms with Crippen LogP contribution in [0.15, 0.2) is 24.3 Å². The summed E-state index contributed by atoms with van der Waals surface area (Å²) in [6, 6.07) is 5.33. The van der Waals surface area contributed by atoms with Crippen molar-refractivity contribution in [1.82, 2.24) is 5.32 Å². The van der Waals surface area contributed by atoms with Gasteiger partial charge in [-0.1, -0.05) is 19.9 Å². The van der Waals surface area contributed by atoms with Crippen LogP contribution in [0, 0.1) is 10.1 Å². The van der Waals surface area contributed by atoms with Crippen LogP contribution in [-0.4, -0.2) is 23.0 Å². The number of nitro groups is 1. The molecular weight excluding hydrogens is 260 g/mol. The second kappa shape index (κ2) is 6.85. The number of anilines is 1. The lowest BCUT2D eigenvalue weighted by Gasteiger charge is -2.26. The van der Waals surface area contributed by atoms with E-state index < -0.39 is 16.5 Å². The SMILES string of the molecule is CCC(N)(CC)CNC(=O)Nc1cccc([N+](=O)[O-])c1. The highest BCUT2D eigenvalue weighted by atomic mass is 16.6. The van der Waals surface area contributed by atoms with E-state index in [1.54, 1.807) is 6.07 Å². The number of nitrogens with zero attached hydrogens (tertiary/aromatic N) is 1. The minimum atomic E-state index is -0.512. The van der Waals surface area contributed by atoms with E-state index >= 15 is 0 Å². The van der Waals surface area contributed by atoms with E-state index in [1.807, 2.05) is 13.8 Å². The minimum absolute atomic E-state index is 0.0712. The highest BCUT2D eigenvalue weighted by Crippen LogP contribution is 2.17. The number of carbonyl (C=O) groups is 1. The Morgan fingerprint density at radius 1 is 1.40 bits per heavy atom. The van der Waals surface area contributed by atoms with Gasteiger partial charge in [0.1, 0.15) is 0 Å². The molecule has 1 aromatic rings. The molecule has 4 N–H and O–H groups in total. The Hall–Kier alpha value is -2.15. The Morgan fingerprint density at radius 3 is 2.60 bits per heavy atom. The fourth-order valence-electron chi connectivity index (χ4n) is 1.63. The predicted octanol–water partition coefficient (Wildman–Crippen LogP) is 2.23. The summed E-state index contributed by atoms with van der Waals surface area (Å²) in [5.74, 6) is 0. The second-order valence-corrected chi connectivity index (χ2v) is 4.68. The summed E-state index contributed by atoms with van der Waals surface area (Å²) in [5.41, 5.74) is 5.94. The number of benzene rings is 1. The molecule has 0 fully saturated rings. The van der Waals surface area contributed by atoms with Gasteiger partial charge in [-0.2, -0.15) is 0 Å². The van der Waals surface area contributed by atoms with Gasteiger partial charge in [-0.25, -0.2) is 4.79 Å². The van der Waals surface area contributed by atoms with Crippen molar-refractivity contribution >= 4 is 17.4 Å². The maximum absolute atomic E-state index is 11.7. The van der Waals surface area contributed by atoms with Gasteiger partial charge in [0.2, 0.25) is 0 Å². The Labute approximate surface area is 117 Å². The maximum Gasteiger partial charge on any atom is 0.319 e. The Kier molecular flexibility index (Phi) is 5.45. The topological polar surface area (TPSA) is 110 Å². The van der Waals surface area contributed by atoms with Gasteiger partial charge in [-0.3, -0.25) is 10.1 Å². The summed E-state index contributed by atoms with van der Waals surface area (Å²) in [6.07, 6.45) is 1.50. The van der Waals surface area contributed by atoms with Gasteiger partial charge in [-0.15, -0.1) is 0 Å². The zero-order valence-corrected chi connectivity index (χ0v) is 11.7. The minimum Gasteiger partial charge on any atom is -0.336 e. The normalized spacial score (nSPS) is 10.9. The van der Waals surface area contributed by atoms with Gasteiger partial charge < -0.3 is 16.4 Å². The Morgan fingerprint density at radius 2 is 2.05 bits per heavy atom. The van der Waals surface area contributed by atoms with Crippen molar-refractivity contribution in [2.24, 2.45) is 5.73 Å². The molecule has 0 unspecified atom stereocenters. The quantitative estimate of drug-likeness (QED) is 0.548. The molecule has 0 aliphatic heterocycles. The smallest absolute Gasteiger partial charge is 0.319 e. The van der Waals surface area contributed by atoms with E-state index in [0.29, 0.717) is 12.2 Å². The molecule has 110 valence electrons. The largest absolute Gasteiger partial charge is 0.336 e. The molecule has 0 spiro atoms. The molecule has 0 saturated heterocycles. The lowest BCUT2D eigenvalue weighted by Crippen LogP contribution is -2.50. The number of hydrogen-bond acceptors (Lipinski definition) is 4. The van der Waals surface area contributed by atoms with Crippen LogP contribution in [0.5, 0.6) is 0 Å². The van der Waals surface area contributed by atoms with E-state index in [4.69, 9.17) is 5.73 Å². The maximum atomic E-state index is 11.7. The number of carbonyl (C=O) groups excluding carboxylic acids is 1. The lowest BCUT2D eigenvalue weighted by molar-refractivity contribution is -0.384. The first-order valence-corrected chi connectivity index (χ1v) is 6.48. The third-order valence-electron chi connectivity index (χ3n) is 3.32. The van der Waals surface area contributed by atoms with Gasteiger partial charge >= 0.3 is 6.03 Å². The zero-order chi connectivity index (χ0) is 15.2. The van der Waals surface area contributed by atoms with Crippen LogP contribution < -0.4 is 16.4 Å². The average Bonchev–Trinajstić information content (AvgIpc) is 2.45. The highest BCUT2D eigenvalue weighted by molar-refractivity contribution is 5.89. The van der Waals surface area contributed by atoms with Crippen molar-refractivity contribution in [3.05, 3.63) is 34.4 Å². The number of nitrogens with two attached hydrogens (primary N) is 1. The van der Waals surface area contributed by atoms with Crippen molar-refractivity contribution in [3.63, 3.8) is 0 Å². The number of rotatable bonds is 6. The number of urea groups is 1. The molecule has 0 aliphatic rings. The van der Waals surface area contributed by atoms with Crippen molar-refractivity contribution < 1.29 is 9.72 Å². The van der Waals surface area contributed by atoms with Crippen LogP contribution in [0.2, 0.25) is 0 Å². The molecule has 0 atom stereocenters. The van der Waals surface area contributed by atoms with Crippen LogP contribution in [0.3, 0.4) is 0 Å². The number of nitrogens with one attached hydrogen (secondary N) is 2. The molecule has 0 radical (unpaired) electrons. The molecule has 0 aromatic heterocycles. The monoisotopic (exact) mass is 280 g/mol. The number of non-ortho nitro benzene ring substituents is 1. The fraction of sp³-hybridized carbons (Fsp3) is 0.462. The first kappa shape index (κ1) is 15.9. The molecule has 7 heteroatoms. The standard InChI is InChI=1S/C13H20N4O3/c1-3-13(14,4-2)9-15-12(18)16-10-6-5-7-11(8-10)17(19)20/h5-8H,3-4,9,14H2,1-2H3,(H2,15,16,18). The lowest BCUT2D eigenvalue weighted by atomic mass is 9.94. The summed E-state index contributed by atoms with van der Waals surface area (Å²) in [4.78, 5) is 21.8. The van der Waals surface area contributed by atoms with Crippen molar-refractivity contribution in [1.29, 1.82) is 0 Å². The number of amides is 2. The second-order valence-electron chi connectivity index (χ2n) is 4.68. The Balaban J connectivity index is 2.59. The van der Waals surface area contributed by atoms with Crippen LogP contribution in [-0.2, 0) is 0 Å². The molecule has 1 aromatic carbocycles. The van der Waals surface area contributed by atoms with Gasteiger partial charge in [0.05, 0.1) is 4.92 Å². The van der Waals surface area contributed by atoms with Crippen LogP contribution in [0.25, 0.3) is 0 Å². The van der Waals surface area contributed by atoms with Crippen molar-refractivity contribution in [3.8, 4) is 0 Å². The van der Waals surface area contributed by atoms with Gasteiger partial charge in [-0.05, 0) is 18.9 Å². The van der Waals surface area contributed by atoms with Crippen molar-refractivity contribution in [2.75, 3.05) is 11.9 Å². The molecule has 0 aliphatic carbocycles. The van der Waals surface area contributed by atoms with Gasteiger partial charge in [0.15, 0.2) is 0 Å². The number of hydrogen-bond donors (Lipinski definition) is 3.